The molecule has 1 saturated heterocycles. The van der Waals surface area contributed by atoms with Gasteiger partial charge in [0.2, 0.25) is 0 Å². The van der Waals surface area contributed by atoms with Gasteiger partial charge in [0, 0.05) is 40.4 Å². The zero-order valence-corrected chi connectivity index (χ0v) is 19.2. The molecule has 1 aliphatic carbocycles. The highest BCUT2D eigenvalue weighted by atomic mass is 32.2. The van der Waals surface area contributed by atoms with E-state index in [1.165, 1.54) is 28.7 Å². The highest BCUT2D eigenvalue weighted by molar-refractivity contribution is 8.00. The van der Waals surface area contributed by atoms with Gasteiger partial charge in [-0.1, -0.05) is 11.8 Å². The summed E-state index contributed by atoms with van der Waals surface area (Å²) in [4.78, 5) is 24.7. The summed E-state index contributed by atoms with van der Waals surface area (Å²) in [5.74, 6) is 0.573. The Morgan fingerprint density at radius 1 is 1.27 bits per heavy atom. The van der Waals surface area contributed by atoms with Gasteiger partial charge in [0.05, 0.1) is 11.9 Å². The van der Waals surface area contributed by atoms with Crippen LogP contribution < -0.4 is 0 Å². The second-order valence-corrected chi connectivity index (χ2v) is 10.4. The number of aryl methyl sites for hydroxylation is 3. The molecule has 1 fully saturated rings. The third-order valence-corrected chi connectivity index (χ3v) is 8.53. The van der Waals surface area contributed by atoms with Gasteiger partial charge in [-0.05, 0) is 64.0 Å². The summed E-state index contributed by atoms with van der Waals surface area (Å²) < 4.78 is 8.04. The van der Waals surface area contributed by atoms with Crippen molar-refractivity contribution >= 4 is 39.1 Å². The number of hydrogen-bond donors (Lipinski definition) is 0. The van der Waals surface area contributed by atoms with Crippen LogP contribution in [0.15, 0.2) is 17.4 Å². The minimum atomic E-state index is 0.169. The molecule has 1 aliphatic heterocycles. The molecule has 0 N–H and O–H groups in total. The highest BCUT2D eigenvalue weighted by Gasteiger charge is 2.23. The molecule has 0 bridgehead atoms. The van der Waals surface area contributed by atoms with Crippen LogP contribution in [-0.4, -0.2) is 38.8 Å². The van der Waals surface area contributed by atoms with Gasteiger partial charge in [-0.25, -0.2) is 9.97 Å². The number of thioether (sulfide) groups is 1. The number of aromatic nitrogens is 3. The second kappa shape index (κ2) is 8.44. The molecule has 7 heteroatoms. The first-order chi connectivity index (χ1) is 14.6. The molecule has 1 atom stereocenters. The summed E-state index contributed by atoms with van der Waals surface area (Å²) in [7, 11) is 0. The minimum absolute atomic E-state index is 0.169. The average molecular weight is 442 g/mol. The maximum atomic E-state index is 13.1. The maximum Gasteiger partial charge on any atom is 0.174 e. The number of thiophene rings is 1. The Kier molecular flexibility index (Phi) is 5.69. The highest BCUT2D eigenvalue weighted by Crippen LogP contribution is 2.39. The quantitative estimate of drug-likeness (QED) is 0.301. The molecule has 158 valence electrons. The van der Waals surface area contributed by atoms with E-state index >= 15 is 0 Å². The summed E-state index contributed by atoms with van der Waals surface area (Å²) in [6, 6.07) is 2.04. The molecule has 30 heavy (non-hydrogen) atoms. The van der Waals surface area contributed by atoms with Crippen molar-refractivity contribution in [3.8, 4) is 0 Å². The fraction of sp³-hybridized carbons (Fsp3) is 0.522. The van der Waals surface area contributed by atoms with E-state index in [0.29, 0.717) is 5.75 Å². The third kappa shape index (κ3) is 3.72. The lowest BCUT2D eigenvalue weighted by Crippen LogP contribution is -2.17. The van der Waals surface area contributed by atoms with Crippen LogP contribution in [0.25, 0.3) is 10.2 Å². The minimum Gasteiger partial charge on any atom is -0.376 e. The molecule has 4 heterocycles. The normalized spacial score (nSPS) is 18.8. The van der Waals surface area contributed by atoms with Gasteiger partial charge in [0.1, 0.15) is 16.2 Å². The fourth-order valence-electron chi connectivity index (χ4n) is 4.74. The van der Waals surface area contributed by atoms with Crippen molar-refractivity contribution in [2.75, 3.05) is 12.4 Å². The Morgan fingerprint density at radius 3 is 2.97 bits per heavy atom. The van der Waals surface area contributed by atoms with Gasteiger partial charge in [0.25, 0.3) is 0 Å². The number of fused-ring (bicyclic) bond motifs is 3. The van der Waals surface area contributed by atoms with E-state index in [1.807, 2.05) is 6.07 Å². The number of carbonyl (C=O) groups excluding carboxylic acids is 1. The maximum absolute atomic E-state index is 13.1. The molecule has 0 unspecified atom stereocenters. The van der Waals surface area contributed by atoms with Crippen molar-refractivity contribution in [3.63, 3.8) is 0 Å². The number of nitrogens with zero attached hydrogens (tertiary/aromatic N) is 3. The molecule has 2 aliphatic rings. The first-order valence-electron chi connectivity index (χ1n) is 10.8. The number of ketones is 1. The summed E-state index contributed by atoms with van der Waals surface area (Å²) in [5.41, 5.74) is 4.43. The SMILES string of the molecule is Cc1cc(C(=O)CSc2ncnc3sc4c(c23)CCCC4)c(C)n1C[C@H]1CCCO1. The average Bonchev–Trinajstić information content (AvgIpc) is 3.46. The predicted octanol–water partition coefficient (Wildman–Crippen LogP) is 5.14. The lowest BCUT2D eigenvalue weighted by Gasteiger charge is -2.14. The Labute approximate surface area is 185 Å². The van der Waals surface area contributed by atoms with Crippen LogP contribution in [0, 0.1) is 13.8 Å². The predicted molar refractivity (Wildman–Crippen MR) is 122 cm³/mol. The van der Waals surface area contributed by atoms with Crippen molar-refractivity contribution in [2.24, 2.45) is 0 Å². The lowest BCUT2D eigenvalue weighted by molar-refractivity contribution is 0.0957. The number of carbonyl (C=O) groups is 1. The molecule has 5 rings (SSSR count). The molecule has 5 nitrogen and oxygen atoms in total. The molecule has 0 amide bonds. The summed E-state index contributed by atoms with van der Waals surface area (Å²) in [5, 5.41) is 2.15. The van der Waals surface area contributed by atoms with Crippen molar-refractivity contribution in [1.29, 1.82) is 0 Å². The third-order valence-electron chi connectivity index (χ3n) is 6.34. The lowest BCUT2D eigenvalue weighted by atomic mass is 9.97. The number of rotatable bonds is 6. The molecule has 3 aromatic rings. The first kappa shape index (κ1) is 20.2. The van der Waals surface area contributed by atoms with E-state index in [4.69, 9.17) is 4.74 Å². The van der Waals surface area contributed by atoms with Crippen LogP contribution in [0.4, 0.5) is 0 Å². The van der Waals surface area contributed by atoms with E-state index < -0.39 is 0 Å². The summed E-state index contributed by atoms with van der Waals surface area (Å²) in [6.45, 7) is 5.83. The molecule has 3 aromatic heterocycles. The standard InChI is InChI=1S/C23H27N3O2S2/c1-14-10-18(15(2)26(14)11-16-6-5-9-28-16)19(27)12-29-22-21-17-7-3-4-8-20(17)30-23(21)25-13-24-22/h10,13,16H,3-9,11-12H2,1-2H3/t16-/m1/s1. The number of Topliss-reactive ketones (excluding diaryl/α,β-unsaturated/α-hetero) is 1. The Morgan fingerprint density at radius 2 is 2.13 bits per heavy atom. The molecular formula is C23H27N3O2S2. The Bertz CT molecular complexity index is 1100. The topological polar surface area (TPSA) is 57.0 Å². The van der Waals surface area contributed by atoms with Crippen LogP contribution in [0.1, 0.15) is 57.9 Å². The molecule has 0 saturated carbocycles. The summed E-state index contributed by atoms with van der Waals surface area (Å²) >= 11 is 3.36. The van der Waals surface area contributed by atoms with Crippen molar-refractivity contribution in [3.05, 3.63) is 39.8 Å². The van der Waals surface area contributed by atoms with Crippen molar-refractivity contribution < 1.29 is 9.53 Å². The number of hydrogen-bond acceptors (Lipinski definition) is 6. The smallest absolute Gasteiger partial charge is 0.174 e. The Hall–Kier alpha value is -1.70. The van der Waals surface area contributed by atoms with E-state index in [2.05, 4.69) is 28.4 Å². The van der Waals surface area contributed by atoms with Crippen molar-refractivity contribution in [1.82, 2.24) is 14.5 Å². The van der Waals surface area contributed by atoms with E-state index in [1.54, 1.807) is 29.4 Å². The van der Waals surface area contributed by atoms with Gasteiger partial charge in [-0.15, -0.1) is 11.3 Å². The first-order valence-corrected chi connectivity index (χ1v) is 12.6. The zero-order valence-electron chi connectivity index (χ0n) is 17.6. The Balaban J connectivity index is 1.35. The zero-order chi connectivity index (χ0) is 20.7. The fourth-order valence-corrected chi connectivity index (χ4v) is 6.94. The van der Waals surface area contributed by atoms with Crippen LogP contribution in [0.2, 0.25) is 0 Å². The van der Waals surface area contributed by atoms with E-state index in [-0.39, 0.29) is 11.9 Å². The van der Waals surface area contributed by atoms with Gasteiger partial charge in [-0.2, -0.15) is 0 Å². The van der Waals surface area contributed by atoms with Gasteiger partial charge in [-0.3, -0.25) is 4.79 Å². The van der Waals surface area contributed by atoms with Gasteiger partial charge < -0.3 is 9.30 Å². The van der Waals surface area contributed by atoms with Crippen LogP contribution in [0.3, 0.4) is 0 Å². The van der Waals surface area contributed by atoms with Gasteiger partial charge >= 0.3 is 0 Å². The molecular weight excluding hydrogens is 414 g/mol. The molecule has 0 spiro atoms. The van der Waals surface area contributed by atoms with Crippen LogP contribution in [-0.2, 0) is 24.1 Å². The molecule has 0 radical (unpaired) electrons. The summed E-state index contributed by atoms with van der Waals surface area (Å²) in [6.07, 6.45) is 8.89. The number of ether oxygens (including phenoxy) is 1. The van der Waals surface area contributed by atoms with Crippen LogP contribution in [0.5, 0.6) is 0 Å². The largest absolute Gasteiger partial charge is 0.376 e. The van der Waals surface area contributed by atoms with Gasteiger partial charge in [0.15, 0.2) is 5.78 Å². The van der Waals surface area contributed by atoms with Crippen LogP contribution >= 0.6 is 23.1 Å². The second-order valence-electron chi connectivity index (χ2n) is 8.31. The molecule has 0 aromatic carbocycles. The van der Waals surface area contributed by atoms with Crippen molar-refractivity contribution in [2.45, 2.75) is 70.0 Å². The monoisotopic (exact) mass is 441 g/mol. The van der Waals surface area contributed by atoms with E-state index in [9.17, 15) is 4.79 Å². The van der Waals surface area contributed by atoms with E-state index in [0.717, 1.165) is 65.6 Å².